The number of carbonyl (C=O) groups excluding carboxylic acids is 1. The van der Waals surface area contributed by atoms with Crippen LogP contribution in [0.1, 0.15) is 18.4 Å². The number of nitrogens with zero attached hydrogens (tertiary/aromatic N) is 3. The van der Waals surface area contributed by atoms with Gasteiger partial charge >= 0.3 is 0 Å². The van der Waals surface area contributed by atoms with Crippen LogP contribution in [0.2, 0.25) is 0 Å². The molecule has 0 bridgehead atoms. The third kappa shape index (κ3) is 2.52. The Bertz CT molecular complexity index is 448. The molecular formula is C12H19N5O. The molecule has 1 amide bonds. The average Bonchev–Trinajstić information content (AvgIpc) is 2.40. The second-order valence-corrected chi connectivity index (χ2v) is 4.63. The van der Waals surface area contributed by atoms with E-state index in [9.17, 15) is 4.79 Å². The Morgan fingerprint density at radius 2 is 2.39 bits per heavy atom. The van der Waals surface area contributed by atoms with E-state index in [1.807, 2.05) is 6.92 Å². The van der Waals surface area contributed by atoms with Gasteiger partial charge in [0.15, 0.2) is 0 Å². The SMILES string of the molecule is CNC(=O)C1CCCN(c2nc(N)ncc2C)C1. The molecule has 98 valence electrons. The molecule has 2 rings (SSSR count). The molecule has 0 aliphatic carbocycles. The van der Waals surface area contributed by atoms with E-state index in [0.717, 1.165) is 30.8 Å². The van der Waals surface area contributed by atoms with Crippen LogP contribution >= 0.6 is 0 Å². The van der Waals surface area contributed by atoms with Crippen molar-refractivity contribution in [2.45, 2.75) is 19.8 Å². The summed E-state index contributed by atoms with van der Waals surface area (Å²) >= 11 is 0. The van der Waals surface area contributed by atoms with Crippen LogP contribution in [0, 0.1) is 12.8 Å². The van der Waals surface area contributed by atoms with Gasteiger partial charge in [-0.2, -0.15) is 4.98 Å². The van der Waals surface area contributed by atoms with Crippen LogP contribution in [0.4, 0.5) is 11.8 Å². The normalized spacial score (nSPS) is 19.7. The summed E-state index contributed by atoms with van der Waals surface area (Å²) in [6, 6.07) is 0. The van der Waals surface area contributed by atoms with Crippen molar-refractivity contribution in [2.24, 2.45) is 5.92 Å². The summed E-state index contributed by atoms with van der Waals surface area (Å²) in [5.74, 6) is 1.24. The Morgan fingerprint density at radius 1 is 1.61 bits per heavy atom. The lowest BCUT2D eigenvalue weighted by Crippen LogP contribution is -2.42. The zero-order chi connectivity index (χ0) is 13.1. The standard InChI is InChI=1S/C12H19N5O/c1-8-6-15-12(13)16-10(8)17-5-3-4-9(7-17)11(18)14-2/h6,9H,3-5,7H2,1-2H3,(H,14,18)(H2,13,15,16). The molecule has 1 unspecified atom stereocenters. The van der Waals surface area contributed by atoms with Crippen molar-refractivity contribution in [3.05, 3.63) is 11.8 Å². The number of piperidine rings is 1. The predicted molar refractivity (Wildman–Crippen MR) is 70.2 cm³/mol. The minimum Gasteiger partial charge on any atom is -0.368 e. The topological polar surface area (TPSA) is 84.1 Å². The summed E-state index contributed by atoms with van der Waals surface area (Å²) in [4.78, 5) is 22.1. The predicted octanol–water partition coefficient (Wildman–Crippen LogP) is 0.330. The third-order valence-corrected chi connectivity index (χ3v) is 3.30. The van der Waals surface area contributed by atoms with Gasteiger partial charge in [0.25, 0.3) is 0 Å². The molecule has 0 radical (unpaired) electrons. The third-order valence-electron chi connectivity index (χ3n) is 3.30. The average molecular weight is 249 g/mol. The van der Waals surface area contributed by atoms with Crippen LogP contribution in [-0.4, -0.2) is 36.0 Å². The van der Waals surface area contributed by atoms with Crippen molar-refractivity contribution in [1.29, 1.82) is 0 Å². The van der Waals surface area contributed by atoms with Gasteiger partial charge in [-0.05, 0) is 19.8 Å². The number of hydrogen-bond donors (Lipinski definition) is 2. The number of anilines is 2. The first-order chi connectivity index (χ1) is 8.61. The minimum absolute atomic E-state index is 0.0272. The second-order valence-electron chi connectivity index (χ2n) is 4.63. The van der Waals surface area contributed by atoms with Crippen LogP contribution in [0.3, 0.4) is 0 Å². The molecule has 0 spiro atoms. The van der Waals surface area contributed by atoms with Crippen LogP contribution in [-0.2, 0) is 4.79 Å². The Kier molecular flexibility index (Phi) is 3.64. The maximum atomic E-state index is 11.7. The number of hydrogen-bond acceptors (Lipinski definition) is 5. The Labute approximate surface area is 107 Å². The highest BCUT2D eigenvalue weighted by Crippen LogP contribution is 2.24. The molecule has 1 saturated heterocycles. The van der Waals surface area contributed by atoms with Crippen molar-refractivity contribution in [3.63, 3.8) is 0 Å². The van der Waals surface area contributed by atoms with Crippen molar-refractivity contribution >= 4 is 17.7 Å². The van der Waals surface area contributed by atoms with Gasteiger partial charge in [-0.1, -0.05) is 0 Å². The van der Waals surface area contributed by atoms with Crippen molar-refractivity contribution < 1.29 is 4.79 Å². The van der Waals surface area contributed by atoms with Crippen molar-refractivity contribution in [1.82, 2.24) is 15.3 Å². The lowest BCUT2D eigenvalue weighted by molar-refractivity contribution is -0.124. The van der Waals surface area contributed by atoms with Gasteiger partial charge < -0.3 is 16.0 Å². The number of carbonyl (C=O) groups is 1. The zero-order valence-corrected chi connectivity index (χ0v) is 10.8. The Balaban J connectivity index is 2.18. The first-order valence-electron chi connectivity index (χ1n) is 6.17. The number of rotatable bonds is 2. The maximum absolute atomic E-state index is 11.7. The van der Waals surface area contributed by atoms with Gasteiger partial charge in [0.2, 0.25) is 11.9 Å². The highest BCUT2D eigenvalue weighted by atomic mass is 16.1. The molecule has 6 nitrogen and oxygen atoms in total. The molecule has 3 N–H and O–H groups in total. The molecule has 1 aliphatic heterocycles. The lowest BCUT2D eigenvalue weighted by atomic mass is 9.97. The molecule has 6 heteroatoms. The number of nitrogen functional groups attached to an aromatic ring is 1. The Hall–Kier alpha value is -1.85. The summed E-state index contributed by atoms with van der Waals surface area (Å²) in [6.07, 6.45) is 3.64. The van der Waals surface area contributed by atoms with Crippen LogP contribution < -0.4 is 16.0 Å². The van der Waals surface area contributed by atoms with Gasteiger partial charge in [0.1, 0.15) is 5.82 Å². The second kappa shape index (κ2) is 5.20. The highest BCUT2D eigenvalue weighted by Gasteiger charge is 2.26. The van der Waals surface area contributed by atoms with Crippen LogP contribution in [0.15, 0.2) is 6.20 Å². The molecule has 1 atom stereocenters. The van der Waals surface area contributed by atoms with E-state index < -0.39 is 0 Å². The maximum Gasteiger partial charge on any atom is 0.224 e. The Morgan fingerprint density at radius 3 is 3.11 bits per heavy atom. The van der Waals surface area contributed by atoms with E-state index in [-0.39, 0.29) is 17.8 Å². The van der Waals surface area contributed by atoms with Crippen LogP contribution in [0.25, 0.3) is 0 Å². The quantitative estimate of drug-likeness (QED) is 0.789. The van der Waals surface area contributed by atoms with Gasteiger partial charge in [0, 0.05) is 31.9 Å². The monoisotopic (exact) mass is 249 g/mol. The van der Waals surface area contributed by atoms with Gasteiger partial charge in [0.05, 0.1) is 5.92 Å². The van der Waals surface area contributed by atoms with Crippen LogP contribution in [0.5, 0.6) is 0 Å². The number of aromatic nitrogens is 2. The van der Waals surface area contributed by atoms with Crippen molar-refractivity contribution in [2.75, 3.05) is 30.8 Å². The molecule has 0 aromatic carbocycles. The molecule has 2 heterocycles. The molecule has 18 heavy (non-hydrogen) atoms. The van der Waals surface area contributed by atoms with E-state index in [4.69, 9.17) is 5.73 Å². The highest BCUT2D eigenvalue weighted by molar-refractivity contribution is 5.79. The lowest BCUT2D eigenvalue weighted by Gasteiger charge is -2.33. The number of aryl methyl sites for hydroxylation is 1. The molecule has 1 aliphatic rings. The number of amides is 1. The summed E-state index contributed by atoms with van der Waals surface area (Å²) < 4.78 is 0. The van der Waals surface area contributed by atoms with E-state index in [0.29, 0.717) is 6.54 Å². The van der Waals surface area contributed by atoms with Crippen molar-refractivity contribution in [3.8, 4) is 0 Å². The van der Waals surface area contributed by atoms with Gasteiger partial charge in [-0.25, -0.2) is 4.98 Å². The summed E-state index contributed by atoms with van der Waals surface area (Å²) in [5, 5.41) is 2.71. The fourth-order valence-corrected chi connectivity index (χ4v) is 2.35. The fourth-order valence-electron chi connectivity index (χ4n) is 2.35. The first-order valence-corrected chi connectivity index (χ1v) is 6.17. The summed E-state index contributed by atoms with van der Waals surface area (Å²) in [7, 11) is 1.68. The molecular weight excluding hydrogens is 230 g/mol. The number of nitrogens with one attached hydrogen (secondary N) is 1. The van der Waals surface area contributed by atoms with E-state index >= 15 is 0 Å². The molecule has 1 aromatic heterocycles. The van der Waals surface area contributed by atoms with Gasteiger partial charge in [-0.3, -0.25) is 4.79 Å². The molecule has 1 fully saturated rings. The van der Waals surface area contributed by atoms with E-state index in [1.54, 1.807) is 13.2 Å². The van der Waals surface area contributed by atoms with Gasteiger partial charge in [-0.15, -0.1) is 0 Å². The minimum atomic E-state index is 0.0272. The van der Waals surface area contributed by atoms with E-state index in [2.05, 4.69) is 20.2 Å². The first kappa shape index (κ1) is 12.6. The zero-order valence-electron chi connectivity index (χ0n) is 10.8. The summed E-state index contributed by atoms with van der Waals surface area (Å²) in [6.45, 7) is 3.56. The van der Waals surface area contributed by atoms with E-state index in [1.165, 1.54) is 0 Å². The fraction of sp³-hybridized carbons (Fsp3) is 0.583. The largest absolute Gasteiger partial charge is 0.368 e. The molecule has 1 aromatic rings. The number of nitrogens with two attached hydrogens (primary N) is 1. The molecule has 0 saturated carbocycles. The summed E-state index contributed by atoms with van der Waals surface area (Å²) in [5.41, 5.74) is 6.61. The smallest absolute Gasteiger partial charge is 0.224 e.